The van der Waals surface area contributed by atoms with Crippen molar-refractivity contribution in [2.75, 3.05) is 6.61 Å². The quantitative estimate of drug-likeness (QED) is 0.419. The Morgan fingerprint density at radius 1 is 1.16 bits per heavy atom. The maximum atomic E-state index is 12.2. The van der Waals surface area contributed by atoms with Crippen LogP contribution in [0.5, 0.6) is 0 Å². The van der Waals surface area contributed by atoms with E-state index in [9.17, 15) is 5.21 Å². The second-order valence-electron chi connectivity index (χ2n) is 6.54. The molecule has 7 heteroatoms. The largest absolute Gasteiger partial charge is 0.378 e. The molecule has 1 radical (unpaired) electrons. The van der Waals surface area contributed by atoms with Gasteiger partial charge < -0.3 is 4.74 Å². The number of rotatable bonds is 5. The molecule has 1 saturated heterocycles. The van der Waals surface area contributed by atoms with Gasteiger partial charge in [0.2, 0.25) is 0 Å². The summed E-state index contributed by atoms with van der Waals surface area (Å²) in [5.41, 5.74) is -0.785. The van der Waals surface area contributed by atoms with Crippen molar-refractivity contribution in [3.8, 4) is 0 Å². The van der Waals surface area contributed by atoms with E-state index in [1.54, 1.807) is 0 Å². The molecule has 113 valence electrons. The molecule has 0 aromatic heterocycles. The molecule has 1 aliphatic rings. The van der Waals surface area contributed by atoms with Crippen molar-refractivity contribution < 1.29 is 9.94 Å². The van der Waals surface area contributed by atoms with Crippen LogP contribution in [0.4, 0.5) is 0 Å². The normalized spacial score (nSPS) is 24.6. The summed E-state index contributed by atoms with van der Waals surface area (Å²) in [6.45, 7) is 8.45. The van der Waals surface area contributed by atoms with Crippen LogP contribution in [0.2, 0.25) is 6.04 Å². The molecule has 0 bridgehead atoms. The van der Waals surface area contributed by atoms with E-state index in [1.165, 1.54) is 5.06 Å². The molecule has 0 aromatic carbocycles. The maximum Gasteiger partial charge on any atom is 0.341 e. The monoisotopic (exact) mass is 346 g/mol. The summed E-state index contributed by atoms with van der Waals surface area (Å²) in [7, 11) is 0. The molecule has 1 heterocycles. The van der Waals surface area contributed by atoms with Crippen molar-refractivity contribution in [2.24, 2.45) is 0 Å². The SMILES string of the molecule is CC1(C)CC(OCCC[Si](Cl)(Cl)Cl)CC(C)(C)N1[O]. The second-order valence-corrected chi connectivity index (χ2v) is 15.8. The Balaban J connectivity index is 2.44. The zero-order valence-corrected chi connectivity index (χ0v) is 15.3. The lowest BCUT2D eigenvalue weighted by Crippen LogP contribution is -2.59. The lowest BCUT2D eigenvalue weighted by Gasteiger charge is -2.49. The number of hydrogen-bond acceptors (Lipinski definition) is 2. The molecule has 1 fully saturated rings. The van der Waals surface area contributed by atoms with Gasteiger partial charge in [0.25, 0.3) is 0 Å². The Kier molecular flexibility index (Phi) is 6.05. The minimum Gasteiger partial charge on any atom is -0.378 e. The molecule has 0 saturated carbocycles. The first-order chi connectivity index (χ1) is 8.44. The van der Waals surface area contributed by atoms with Crippen molar-refractivity contribution >= 4 is 39.2 Å². The average molecular weight is 348 g/mol. The molecule has 1 aliphatic heterocycles. The third-order valence-corrected chi connectivity index (χ3v) is 6.13. The van der Waals surface area contributed by atoms with Crippen LogP contribution >= 0.6 is 33.2 Å². The first-order valence-corrected chi connectivity index (χ1v) is 11.8. The lowest BCUT2D eigenvalue weighted by molar-refractivity contribution is -0.301. The molecule has 0 unspecified atom stereocenters. The fourth-order valence-electron chi connectivity index (χ4n) is 2.81. The first-order valence-electron chi connectivity index (χ1n) is 6.60. The standard InChI is InChI=1S/C12H23Cl3NO2Si/c1-11(2)8-10(9-12(3,4)16(11)17)18-6-5-7-19(13,14)15/h10H,5-9H2,1-4H3. The third kappa shape index (κ3) is 5.69. The first kappa shape index (κ1) is 18.0. The molecule has 19 heavy (non-hydrogen) atoms. The highest BCUT2D eigenvalue weighted by Crippen LogP contribution is 2.38. The van der Waals surface area contributed by atoms with Gasteiger partial charge in [-0.25, -0.2) is 0 Å². The molecule has 0 spiro atoms. The molecule has 0 N–H and O–H groups in total. The molecule has 0 aliphatic carbocycles. The van der Waals surface area contributed by atoms with Crippen LogP contribution in [0.25, 0.3) is 0 Å². The van der Waals surface area contributed by atoms with Gasteiger partial charge >= 0.3 is 6.00 Å². The number of hydroxylamine groups is 2. The van der Waals surface area contributed by atoms with Gasteiger partial charge in [-0.3, -0.25) is 0 Å². The minimum absolute atomic E-state index is 0.104. The summed E-state index contributed by atoms with van der Waals surface area (Å²) < 4.78 is 5.88. The zero-order valence-electron chi connectivity index (χ0n) is 12.0. The van der Waals surface area contributed by atoms with E-state index in [2.05, 4.69) is 0 Å². The van der Waals surface area contributed by atoms with Crippen molar-refractivity contribution in [3.63, 3.8) is 0 Å². The van der Waals surface area contributed by atoms with Crippen molar-refractivity contribution in [1.29, 1.82) is 0 Å². The number of hydrogen-bond donors (Lipinski definition) is 0. The number of ether oxygens (including phenoxy) is 1. The molecule has 1 rings (SSSR count). The van der Waals surface area contributed by atoms with E-state index in [0.717, 1.165) is 19.3 Å². The fourth-order valence-corrected chi connectivity index (χ4v) is 4.56. The minimum atomic E-state index is -2.53. The lowest BCUT2D eigenvalue weighted by atomic mass is 9.80. The summed E-state index contributed by atoms with van der Waals surface area (Å²) in [5.74, 6) is 0. The van der Waals surface area contributed by atoms with Crippen LogP contribution < -0.4 is 0 Å². The van der Waals surface area contributed by atoms with Gasteiger partial charge in [0.05, 0.1) is 6.10 Å². The van der Waals surface area contributed by atoms with Crippen LogP contribution in [-0.4, -0.2) is 34.9 Å². The molecule has 3 nitrogen and oxygen atoms in total. The fraction of sp³-hybridized carbons (Fsp3) is 1.00. The molecular formula is C12H23Cl3NO2Si. The van der Waals surface area contributed by atoms with Crippen molar-refractivity contribution in [3.05, 3.63) is 0 Å². The molecule has 0 amide bonds. The van der Waals surface area contributed by atoms with Gasteiger partial charge in [0.1, 0.15) is 0 Å². The van der Waals surface area contributed by atoms with Gasteiger partial charge in [0.15, 0.2) is 0 Å². The predicted octanol–water partition coefficient (Wildman–Crippen LogP) is 4.42. The second kappa shape index (κ2) is 6.38. The van der Waals surface area contributed by atoms with E-state index < -0.39 is 17.1 Å². The van der Waals surface area contributed by atoms with Crippen LogP contribution in [-0.2, 0) is 9.94 Å². The number of nitrogens with zero attached hydrogens (tertiary/aromatic N) is 1. The predicted molar refractivity (Wildman–Crippen MR) is 82.4 cm³/mol. The summed E-state index contributed by atoms with van der Waals surface area (Å²) in [6, 6.07) is -1.92. The van der Waals surface area contributed by atoms with Crippen molar-refractivity contribution in [1.82, 2.24) is 5.06 Å². The number of piperidine rings is 1. The van der Waals surface area contributed by atoms with E-state index in [0.29, 0.717) is 12.7 Å². The molecule has 0 aromatic rings. The van der Waals surface area contributed by atoms with Crippen LogP contribution in [0, 0.1) is 0 Å². The van der Waals surface area contributed by atoms with E-state index in [-0.39, 0.29) is 6.10 Å². The molecule has 0 atom stereocenters. The Hall–Kier alpha value is 0.967. The highest BCUT2D eigenvalue weighted by atomic mass is 35.8. The topological polar surface area (TPSA) is 32.4 Å². The van der Waals surface area contributed by atoms with Gasteiger partial charge in [0, 0.05) is 17.7 Å². The summed E-state index contributed by atoms with van der Waals surface area (Å²) in [4.78, 5) is 0. The Labute approximate surface area is 131 Å². The smallest absolute Gasteiger partial charge is 0.341 e. The summed E-state index contributed by atoms with van der Waals surface area (Å²) >= 11 is 17.5. The van der Waals surface area contributed by atoms with E-state index in [4.69, 9.17) is 38.0 Å². The molecular weight excluding hydrogens is 325 g/mol. The Morgan fingerprint density at radius 3 is 2.05 bits per heavy atom. The maximum absolute atomic E-state index is 12.2. The van der Waals surface area contributed by atoms with Gasteiger partial charge in [-0.15, -0.1) is 43.5 Å². The van der Waals surface area contributed by atoms with Crippen LogP contribution in [0.3, 0.4) is 0 Å². The highest BCUT2D eigenvalue weighted by Gasteiger charge is 2.46. The highest BCUT2D eigenvalue weighted by molar-refractivity contribution is 7.64. The van der Waals surface area contributed by atoms with Crippen molar-refractivity contribution in [2.45, 2.75) is 70.2 Å². The van der Waals surface area contributed by atoms with Gasteiger partial charge in [-0.1, -0.05) is 0 Å². The van der Waals surface area contributed by atoms with Crippen LogP contribution in [0.1, 0.15) is 47.0 Å². The Bertz CT molecular complexity index is 290. The van der Waals surface area contributed by atoms with E-state index >= 15 is 0 Å². The van der Waals surface area contributed by atoms with Crippen LogP contribution in [0.15, 0.2) is 0 Å². The zero-order chi connectivity index (χ0) is 14.9. The van der Waals surface area contributed by atoms with E-state index in [1.807, 2.05) is 27.7 Å². The van der Waals surface area contributed by atoms with Gasteiger partial charge in [-0.2, -0.15) is 0 Å². The summed E-state index contributed by atoms with van der Waals surface area (Å²) in [6.07, 6.45) is 2.35. The third-order valence-electron chi connectivity index (χ3n) is 3.51. The summed E-state index contributed by atoms with van der Waals surface area (Å²) in [5, 5.41) is 13.4. The average Bonchev–Trinajstić information content (AvgIpc) is 2.19. The van der Waals surface area contributed by atoms with Gasteiger partial charge in [-0.05, 0) is 53.0 Å². The number of halogens is 3. The Morgan fingerprint density at radius 2 is 1.63 bits per heavy atom.